The minimum atomic E-state index is 0.288. The van der Waals surface area contributed by atoms with Gasteiger partial charge in [0, 0.05) is 0 Å². The lowest BCUT2D eigenvalue weighted by Gasteiger charge is -2.35. The van der Waals surface area contributed by atoms with Crippen LogP contribution in [0.15, 0.2) is 24.3 Å². The van der Waals surface area contributed by atoms with E-state index in [4.69, 9.17) is 0 Å². The number of hydrogen-bond acceptors (Lipinski definition) is 0. The van der Waals surface area contributed by atoms with Gasteiger partial charge in [0.05, 0.1) is 0 Å². The fourth-order valence-corrected chi connectivity index (χ4v) is 3.17. The maximum Gasteiger partial charge on any atom is -0.0101 e. The number of benzene rings is 1. The van der Waals surface area contributed by atoms with E-state index in [1.165, 1.54) is 38.5 Å². The van der Waals surface area contributed by atoms with Crippen molar-refractivity contribution in [2.75, 3.05) is 0 Å². The van der Waals surface area contributed by atoms with E-state index in [-0.39, 0.29) is 10.8 Å². The van der Waals surface area contributed by atoms with Gasteiger partial charge >= 0.3 is 0 Å². The first kappa shape index (κ1) is 17.3. The molecule has 1 aromatic carbocycles. The Kier molecular flexibility index (Phi) is 6.30. The zero-order valence-corrected chi connectivity index (χ0v) is 14.6. The predicted octanol–water partition coefficient (Wildman–Crippen LogP) is 6.62. The molecule has 0 aromatic heterocycles. The van der Waals surface area contributed by atoms with Crippen LogP contribution in [0.5, 0.6) is 0 Å². The van der Waals surface area contributed by atoms with Crippen LogP contribution in [0, 0.1) is 0 Å². The van der Waals surface area contributed by atoms with Gasteiger partial charge in [0.25, 0.3) is 0 Å². The second-order valence-electron chi connectivity index (χ2n) is 7.52. The molecule has 0 unspecified atom stereocenters. The molecule has 0 saturated carbocycles. The van der Waals surface area contributed by atoms with Crippen molar-refractivity contribution in [2.24, 2.45) is 0 Å². The van der Waals surface area contributed by atoms with Gasteiger partial charge in [-0.25, -0.2) is 0 Å². The molecule has 0 atom stereocenters. The zero-order chi connectivity index (χ0) is 15.2. The molecule has 0 saturated heterocycles. The molecule has 0 aliphatic heterocycles. The molecule has 0 heteroatoms. The van der Waals surface area contributed by atoms with Gasteiger partial charge in [-0.05, 0) is 34.8 Å². The summed E-state index contributed by atoms with van der Waals surface area (Å²) in [7, 11) is 0. The summed E-state index contributed by atoms with van der Waals surface area (Å²) in [4.78, 5) is 0. The summed E-state index contributed by atoms with van der Waals surface area (Å²) in [6.45, 7) is 14.2. The van der Waals surface area contributed by atoms with Crippen molar-refractivity contribution in [3.63, 3.8) is 0 Å². The van der Waals surface area contributed by atoms with E-state index in [0.29, 0.717) is 0 Å². The van der Waals surface area contributed by atoms with E-state index in [2.05, 4.69) is 65.8 Å². The van der Waals surface area contributed by atoms with Crippen molar-refractivity contribution in [1.29, 1.82) is 0 Å². The number of unbranched alkanes of at least 4 members (excludes halogenated alkanes) is 2. The first-order chi connectivity index (χ1) is 9.35. The Balaban J connectivity index is 3.09. The second-order valence-corrected chi connectivity index (χ2v) is 7.52. The van der Waals surface area contributed by atoms with Crippen molar-refractivity contribution < 1.29 is 0 Å². The average molecular weight is 274 g/mol. The van der Waals surface area contributed by atoms with Crippen LogP contribution >= 0.6 is 0 Å². The van der Waals surface area contributed by atoms with E-state index in [9.17, 15) is 0 Å². The second kappa shape index (κ2) is 7.29. The summed E-state index contributed by atoms with van der Waals surface area (Å²) in [5.74, 6) is 0. The Morgan fingerprint density at radius 2 is 1.05 bits per heavy atom. The molecule has 1 rings (SSSR count). The first-order valence-electron chi connectivity index (χ1n) is 8.45. The Morgan fingerprint density at radius 3 is 1.35 bits per heavy atom. The minimum Gasteiger partial charge on any atom is -0.0654 e. The minimum absolute atomic E-state index is 0.288. The molecule has 1 aromatic rings. The molecule has 0 spiro atoms. The first-order valence-corrected chi connectivity index (χ1v) is 8.45. The van der Waals surface area contributed by atoms with Gasteiger partial charge in [-0.15, -0.1) is 0 Å². The Bertz CT molecular complexity index is 359. The molecule has 0 bridgehead atoms. The summed E-state index contributed by atoms with van der Waals surface area (Å²) < 4.78 is 0. The summed E-state index contributed by atoms with van der Waals surface area (Å²) in [6.07, 6.45) is 7.76. The van der Waals surface area contributed by atoms with Gasteiger partial charge < -0.3 is 0 Å². The molecule has 0 fully saturated rings. The third-order valence-corrected chi connectivity index (χ3v) is 4.70. The van der Waals surface area contributed by atoms with Crippen LogP contribution in [0.2, 0.25) is 0 Å². The molecule has 0 heterocycles. The SMILES string of the molecule is CCCCC(C)(C)c1ccccc1C(C)(C)CCCC. The smallest absolute Gasteiger partial charge is 0.0101 e. The van der Waals surface area contributed by atoms with Crippen molar-refractivity contribution >= 4 is 0 Å². The van der Waals surface area contributed by atoms with E-state index in [1.54, 1.807) is 11.1 Å². The quantitative estimate of drug-likeness (QED) is 0.499. The van der Waals surface area contributed by atoms with Gasteiger partial charge in [-0.3, -0.25) is 0 Å². The van der Waals surface area contributed by atoms with E-state index in [0.717, 1.165) is 0 Å². The van der Waals surface area contributed by atoms with Crippen LogP contribution in [-0.4, -0.2) is 0 Å². The zero-order valence-electron chi connectivity index (χ0n) is 14.6. The molecule has 0 nitrogen and oxygen atoms in total. The number of hydrogen-bond donors (Lipinski definition) is 0. The fraction of sp³-hybridized carbons (Fsp3) is 0.700. The predicted molar refractivity (Wildman–Crippen MR) is 91.5 cm³/mol. The van der Waals surface area contributed by atoms with Gasteiger partial charge in [0.15, 0.2) is 0 Å². The van der Waals surface area contributed by atoms with Crippen LogP contribution in [0.1, 0.15) is 91.2 Å². The highest BCUT2D eigenvalue weighted by Gasteiger charge is 2.29. The molecule has 0 amide bonds. The van der Waals surface area contributed by atoms with Crippen LogP contribution in [0.25, 0.3) is 0 Å². The average Bonchev–Trinajstić information content (AvgIpc) is 2.43. The highest BCUT2D eigenvalue weighted by Crippen LogP contribution is 2.39. The molecular formula is C20H34. The van der Waals surface area contributed by atoms with Crippen LogP contribution in [0.3, 0.4) is 0 Å². The summed E-state index contributed by atoms with van der Waals surface area (Å²) >= 11 is 0. The Morgan fingerprint density at radius 1 is 0.700 bits per heavy atom. The summed E-state index contributed by atoms with van der Waals surface area (Å²) in [5, 5.41) is 0. The molecule has 0 aliphatic rings. The fourth-order valence-electron chi connectivity index (χ4n) is 3.17. The summed E-state index contributed by atoms with van der Waals surface area (Å²) in [5.41, 5.74) is 3.70. The molecule has 114 valence electrons. The lowest BCUT2D eigenvalue weighted by molar-refractivity contribution is 0.415. The highest BCUT2D eigenvalue weighted by atomic mass is 14.3. The highest BCUT2D eigenvalue weighted by molar-refractivity contribution is 5.38. The maximum atomic E-state index is 2.41. The van der Waals surface area contributed by atoms with E-state index in [1.807, 2.05) is 0 Å². The molecule has 0 N–H and O–H groups in total. The van der Waals surface area contributed by atoms with Crippen LogP contribution < -0.4 is 0 Å². The van der Waals surface area contributed by atoms with Crippen LogP contribution in [0.4, 0.5) is 0 Å². The van der Waals surface area contributed by atoms with E-state index < -0.39 is 0 Å². The van der Waals surface area contributed by atoms with Crippen molar-refractivity contribution in [1.82, 2.24) is 0 Å². The van der Waals surface area contributed by atoms with E-state index >= 15 is 0 Å². The van der Waals surface area contributed by atoms with Crippen molar-refractivity contribution in [2.45, 2.75) is 90.9 Å². The maximum absolute atomic E-state index is 2.41. The lowest BCUT2D eigenvalue weighted by Crippen LogP contribution is -2.26. The topological polar surface area (TPSA) is 0 Å². The lowest BCUT2D eigenvalue weighted by atomic mass is 9.70. The molecular weight excluding hydrogens is 240 g/mol. The molecule has 0 radical (unpaired) electrons. The van der Waals surface area contributed by atoms with Gasteiger partial charge in [-0.2, -0.15) is 0 Å². The van der Waals surface area contributed by atoms with Crippen LogP contribution in [-0.2, 0) is 10.8 Å². The van der Waals surface area contributed by atoms with Crippen molar-refractivity contribution in [3.05, 3.63) is 35.4 Å². The third-order valence-electron chi connectivity index (χ3n) is 4.70. The van der Waals surface area contributed by atoms with Crippen molar-refractivity contribution in [3.8, 4) is 0 Å². The van der Waals surface area contributed by atoms with Gasteiger partial charge in [-0.1, -0.05) is 91.5 Å². The van der Waals surface area contributed by atoms with Gasteiger partial charge in [0.1, 0.15) is 0 Å². The standard InChI is InChI=1S/C20H34/c1-7-9-15-19(3,4)17-13-11-12-14-18(17)20(5,6)16-10-8-2/h11-14H,7-10,15-16H2,1-6H3. The molecule has 20 heavy (non-hydrogen) atoms. The normalized spacial score (nSPS) is 12.7. The third kappa shape index (κ3) is 4.36. The molecule has 0 aliphatic carbocycles. The largest absolute Gasteiger partial charge is 0.0654 e. The Hall–Kier alpha value is -0.780. The summed E-state index contributed by atoms with van der Waals surface area (Å²) in [6, 6.07) is 9.14. The van der Waals surface area contributed by atoms with Gasteiger partial charge in [0.2, 0.25) is 0 Å². The number of rotatable bonds is 8. The Labute approximate surface area is 127 Å². The monoisotopic (exact) mass is 274 g/mol.